The van der Waals surface area contributed by atoms with E-state index in [0.29, 0.717) is 39.7 Å². The fourth-order valence-electron chi connectivity index (χ4n) is 2.30. The van der Waals surface area contributed by atoms with Gasteiger partial charge in [-0.25, -0.2) is 0 Å². The van der Waals surface area contributed by atoms with Gasteiger partial charge in [-0.05, 0) is 42.0 Å². The van der Waals surface area contributed by atoms with Gasteiger partial charge in [-0.15, -0.1) is 0 Å². The number of hydrogen-bond acceptors (Lipinski definition) is 5. The van der Waals surface area contributed by atoms with Crippen molar-refractivity contribution in [3.63, 3.8) is 0 Å². The Bertz CT molecular complexity index is 722. The molecule has 0 N–H and O–H groups in total. The van der Waals surface area contributed by atoms with Gasteiger partial charge < -0.3 is 18.9 Å². The quantitative estimate of drug-likeness (QED) is 0.574. The number of rotatable bonds is 7. The van der Waals surface area contributed by atoms with E-state index in [-0.39, 0.29) is 5.78 Å². The van der Waals surface area contributed by atoms with Crippen LogP contribution in [0.5, 0.6) is 23.0 Å². The van der Waals surface area contributed by atoms with Crippen molar-refractivity contribution in [2.24, 2.45) is 0 Å². The highest BCUT2D eigenvalue weighted by atomic mass is 16.5. The maximum Gasteiger partial charge on any atom is 0.203 e. The van der Waals surface area contributed by atoms with Crippen LogP contribution in [-0.2, 0) is 0 Å². The normalized spacial score (nSPS) is 10.0. The lowest BCUT2D eigenvalue weighted by molar-refractivity contribution is 0.105. The van der Waals surface area contributed by atoms with Crippen molar-refractivity contribution in [3.05, 3.63) is 54.1 Å². The highest BCUT2D eigenvalue weighted by Crippen LogP contribution is 2.40. The Morgan fingerprint density at radius 3 is 1.75 bits per heavy atom. The predicted octanol–water partition coefficient (Wildman–Crippen LogP) is 3.62. The van der Waals surface area contributed by atoms with Gasteiger partial charge in [0.2, 0.25) is 5.75 Å². The summed E-state index contributed by atoms with van der Waals surface area (Å²) in [6.07, 6.45) is 0. The molecule has 0 aliphatic rings. The van der Waals surface area contributed by atoms with Gasteiger partial charge in [0.1, 0.15) is 5.75 Å². The summed E-state index contributed by atoms with van der Waals surface area (Å²) in [5, 5.41) is 0. The smallest absolute Gasteiger partial charge is 0.203 e. The number of ether oxygens (including phenoxy) is 4. The van der Waals surface area contributed by atoms with E-state index in [1.807, 2.05) is 0 Å². The molecule has 126 valence electrons. The first-order valence-electron chi connectivity index (χ1n) is 7.23. The minimum atomic E-state index is -0.188. The van der Waals surface area contributed by atoms with Crippen molar-refractivity contribution < 1.29 is 23.7 Å². The molecule has 0 amide bonds. The maximum atomic E-state index is 12.6. The Labute approximate surface area is 141 Å². The monoisotopic (exact) mass is 328 g/mol. The highest BCUT2D eigenvalue weighted by molar-refractivity contribution is 6.28. The summed E-state index contributed by atoms with van der Waals surface area (Å²) < 4.78 is 21.0. The van der Waals surface area contributed by atoms with E-state index in [4.69, 9.17) is 18.9 Å². The van der Waals surface area contributed by atoms with Crippen LogP contribution in [0.1, 0.15) is 15.9 Å². The number of ketones is 1. The van der Waals surface area contributed by atoms with Crippen LogP contribution in [0.2, 0.25) is 0 Å². The molecule has 2 aromatic carbocycles. The number of Topliss-reactive ketones (excluding diaryl/α,β-unsaturated/α-hetero) is 1. The van der Waals surface area contributed by atoms with Gasteiger partial charge in [-0.3, -0.25) is 4.79 Å². The third-order valence-corrected chi connectivity index (χ3v) is 3.64. The molecule has 0 aromatic heterocycles. The van der Waals surface area contributed by atoms with Gasteiger partial charge >= 0.3 is 0 Å². The summed E-state index contributed by atoms with van der Waals surface area (Å²) in [7, 11) is 6.15. The van der Waals surface area contributed by atoms with Crippen LogP contribution in [0.4, 0.5) is 0 Å². The Hall–Kier alpha value is -2.95. The molecule has 0 radical (unpaired) electrons. The Kier molecular flexibility index (Phi) is 5.47. The SMILES string of the molecule is C=C(C(=O)c1ccc(OC)cc1)c1cc(OC)c(OC)c(OC)c1. The van der Waals surface area contributed by atoms with Gasteiger partial charge in [-0.1, -0.05) is 6.58 Å². The Balaban J connectivity index is 2.39. The zero-order valence-corrected chi connectivity index (χ0v) is 14.2. The standard InChI is InChI=1S/C19H20O5/c1-12(18(20)13-6-8-15(21-2)9-7-13)14-10-16(22-3)19(24-5)17(11-14)23-4/h6-11H,1H2,2-5H3. The van der Waals surface area contributed by atoms with Gasteiger partial charge in [0.15, 0.2) is 17.3 Å². The third kappa shape index (κ3) is 3.35. The van der Waals surface area contributed by atoms with E-state index in [1.54, 1.807) is 43.5 Å². The third-order valence-electron chi connectivity index (χ3n) is 3.64. The Morgan fingerprint density at radius 2 is 1.33 bits per heavy atom. The van der Waals surface area contributed by atoms with E-state index in [1.165, 1.54) is 21.3 Å². The Morgan fingerprint density at radius 1 is 0.792 bits per heavy atom. The molecular formula is C19H20O5. The average molecular weight is 328 g/mol. The molecule has 2 aromatic rings. The number of benzene rings is 2. The lowest BCUT2D eigenvalue weighted by Gasteiger charge is -2.15. The van der Waals surface area contributed by atoms with Crippen molar-refractivity contribution in [1.29, 1.82) is 0 Å². The molecule has 24 heavy (non-hydrogen) atoms. The number of carbonyl (C=O) groups is 1. The molecule has 0 aliphatic heterocycles. The van der Waals surface area contributed by atoms with Crippen LogP contribution in [-0.4, -0.2) is 34.2 Å². The van der Waals surface area contributed by atoms with Crippen LogP contribution in [0.25, 0.3) is 5.57 Å². The average Bonchev–Trinajstić information content (AvgIpc) is 2.65. The molecule has 0 atom stereocenters. The maximum absolute atomic E-state index is 12.6. The van der Waals surface area contributed by atoms with Crippen LogP contribution in [0.15, 0.2) is 43.0 Å². The van der Waals surface area contributed by atoms with E-state index in [9.17, 15) is 4.79 Å². The van der Waals surface area contributed by atoms with Crippen molar-refractivity contribution in [1.82, 2.24) is 0 Å². The van der Waals surface area contributed by atoms with Gasteiger partial charge in [0.25, 0.3) is 0 Å². The molecule has 0 fully saturated rings. The molecule has 0 bridgehead atoms. The number of methoxy groups -OCH3 is 4. The van der Waals surface area contributed by atoms with Crippen molar-refractivity contribution >= 4 is 11.4 Å². The highest BCUT2D eigenvalue weighted by Gasteiger charge is 2.18. The van der Waals surface area contributed by atoms with Gasteiger partial charge in [-0.2, -0.15) is 0 Å². The van der Waals surface area contributed by atoms with Gasteiger partial charge in [0.05, 0.1) is 28.4 Å². The second kappa shape index (κ2) is 7.55. The zero-order chi connectivity index (χ0) is 17.7. The summed E-state index contributed by atoms with van der Waals surface area (Å²) in [5.74, 6) is 1.90. The number of allylic oxidation sites excluding steroid dienone is 1. The van der Waals surface area contributed by atoms with Crippen LogP contribution < -0.4 is 18.9 Å². The predicted molar refractivity (Wildman–Crippen MR) is 92.5 cm³/mol. The summed E-state index contributed by atoms with van der Waals surface area (Å²) in [6, 6.07) is 10.3. The molecule has 0 aliphatic carbocycles. The molecule has 0 saturated carbocycles. The molecular weight excluding hydrogens is 308 g/mol. The first kappa shape index (κ1) is 17.4. The second-order valence-corrected chi connectivity index (χ2v) is 4.95. The summed E-state index contributed by atoms with van der Waals surface area (Å²) in [5.41, 5.74) is 1.46. The zero-order valence-electron chi connectivity index (χ0n) is 14.2. The fourth-order valence-corrected chi connectivity index (χ4v) is 2.30. The van der Waals surface area contributed by atoms with Crippen LogP contribution >= 0.6 is 0 Å². The van der Waals surface area contributed by atoms with E-state index in [2.05, 4.69) is 6.58 Å². The van der Waals surface area contributed by atoms with E-state index >= 15 is 0 Å². The molecule has 0 heterocycles. The van der Waals surface area contributed by atoms with Gasteiger partial charge in [0, 0.05) is 11.1 Å². The fraction of sp³-hybridized carbons (Fsp3) is 0.211. The largest absolute Gasteiger partial charge is 0.497 e. The minimum absolute atomic E-state index is 0.188. The summed E-state index contributed by atoms with van der Waals surface area (Å²) in [4.78, 5) is 12.6. The number of carbonyl (C=O) groups excluding carboxylic acids is 1. The molecule has 2 rings (SSSR count). The molecule has 5 nitrogen and oxygen atoms in total. The lowest BCUT2D eigenvalue weighted by atomic mass is 9.97. The molecule has 0 unspecified atom stereocenters. The van der Waals surface area contributed by atoms with Crippen molar-refractivity contribution in [3.8, 4) is 23.0 Å². The second-order valence-electron chi connectivity index (χ2n) is 4.95. The summed E-state index contributed by atoms with van der Waals surface area (Å²) >= 11 is 0. The first-order valence-corrected chi connectivity index (χ1v) is 7.23. The topological polar surface area (TPSA) is 54.0 Å². The molecule has 5 heteroatoms. The van der Waals surface area contributed by atoms with Crippen LogP contribution in [0, 0.1) is 0 Å². The first-order chi connectivity index (χ1) is 11.5. The summed E-state index contributed by atoms with van der Waals surface area (Å²) in [6.45, 7) is 3.92. The van der Waals surface area contributed by atoms with Crippen LogP contribution in [0.3, 0.4) is 0 Å². The van der Waals surface area contributed by atoms with Crippen molar-refractivity contribution in [2.45, 2.75) is 0 Å². The van der Waals surface area contributed by atoms with E-state index < -0.39 is 0 Å². The van der Waals surface area contributed by atoms with Crippen molar-refractivity contribution in [2.75, 3.05) is 28.4 Å². The molecule has 0 saturated heterocycles. The number of hydrogen-bond donors (Lipinski definition) is 0. The molecule has 0 spiro atoms. The minimum Gasteiger partial charge on any atom is -0.497 e. The van der Waals surface area contributed by atoms with E-state index in [0.717, 1.165) is 0 Å². The lowest BCUT2D eigenvalue weighted by Crippen LogP contribution is -2.03.